The second kappa shape index (κ2) is 4.49. The van der Waals surface area contributed by atoms with Crippen molar-refractivity contribution in [3.05, 3.63) is 41.3 Å². The number of carbonyl (C=O) groups excluding carboxylic acids is 1. The summed E-state index contributed by atoms with van der Waals surface area (Å²) in [5.74, 6) is 0.660. The first kappa shape index (κ1) is 10.9. The number of hydrogen-bond acceptors (Lipinski definition) is 3. The van der Waals surface area contributed by atoms with Gasteiger partial charge in [0, 0.05) is 4.88 Å². The number of hydrogen-bond donors (Lipinski definition) is 0. The zero-order chi connectivity index (χ0) is 11.5. The second-order valence-electron chi connectivity index (χ2n) is 3.45. The summed E-state index contributed by atoms with van der Waals surface area (Å²) in [6, 6.07) is 9.72. The van der Waals surface area contributed by atoms with Crippen molar-refractivity contribution in [2.24, 2.45) is 0 Å². The molecule has 1 aromatic heterocycles. The number of ether oxygens (including phenoxy) is 1. The second-order valence-corrected chi connectivity index (χ2v) is 4.40. The summed E-state index contributed by atoms with van der Waals surface area (Å²) >= 11 is 1.67. The zero-order valence-corrected chi connectivity index (χ0v) is 10.0. The number of carbonyl (C=O) groups is 1. The fourth-order valence-corrected chi connectivity index (χ4v) is 2.30. The molecule has 0 N–H and O–H groups in total. The minimum Gasteiger partial charge on any atom is -0.496 e. The molecule has 0 unspecified atom stereocenters. The third-order valence-electron chi connectivity index (χ3n) is 2.39. The molecular weight excluding hydrogens is 220 g/mol. The fourth-order valence-electron chi connectivity index (χ4n) is 1.58. The van der Waals surface area contributed by atoms with Crippen molar-refractivity contribution in [1.82, 2.24) is 0 Å². The molecule has 0 bridgehead atoms. The third kappa shape index (κ3) is 1.99. The molecule has 2 aromatic rings. The van der Waals surface area contributed by atoms with Gasteiger partial charge in [0.05, 0.1) is 12.7 Å². The monoisotopic (exact) mass is 232 g/mol. The van der Waals surface area contributed by atoms with E-state index in [1.807, 2.05) is 35.7 Å². The molecule has 3 heteroatoms. The minimum atomic E-state index is 0.0228. The van der Waals surface area contributed by atoms with Crippen LogP contribution >= 0.6 is 11.3 Å². The lowest BCUT2D eigenvalue weighted by molar-refractivity contribution is 0.101. The van der Waals surface area contributed by atoms with E-state index in [0.29, 0.717) is 11.3 Å². The number of rotatable bonds is 3. The summed E-state index contributed by atoms with van der Waals surface area (Å²) in [4.78, 5) is 12.5. The maximum absolute atomic E-state index is 11.3. The molecule has 0 aliphatic carbocycles. The van der Waals surface area contributed by atoms with Crippen molar-refractivity contribution >= 4 is 17.1 Å². The van der Waals surface area contributed by atoms with Crippen LogP contribution in [0.2, 0.25) is 0 Å². The standard InChI is InChI=1S/C13H12O2S/c1-9(14)11-6-5-10(8-12(11)15-2)13-4-3-7-16-13/h3-8H,1-2H3. The van der Waals surface area contributed by atoms with Crippen LogP contribution in [0, 0.1) is 0 Å². The van der Waals surface area contributed by atoms with Gasteiger partial charge in [-0.15, -0.1) is 11.3 Å². The third-order valence-corrected chi connectivity index (χ3v) is 3.31. The van der Waals surface area contributed by atoms with E-state index < -0.39 is 0 Å². The Hall–Kier alpha value is -1.61. The molecule has 2 rings (SSSR count). The van der Waals surface area contributed by atoms with Gasteiger partial charge < -0.3 is 4.74 Å². The van der Waals surface area contributed by atoms with Crippen molar-refractivity contribution in [2.45, 2.75) is 6.92 Å². The van der Waals surface area contributed by atoms with Crippen LogP contribution in [0.4, 0.5) is 0 Å². The van der Waals surface area contributed by atoms with Gasteiger partial charge in [-0.3, -0.25) is 4.79 Å². The molecule has 0 saturated heterocycles. The zero-order valence-electron chi connectivity index (χ0n) is 9.19. The highest BCUT2D eigenvalue weighted by molar-refractivity contribution is 7.13. The Morgan fingerprint density at radius 3 is 2.69 bits per heavy atom. The van der Waals surface area contributed by atoms with Crippen LogP contribution in [0.1, 0.15) is 17.3 Å². The van der Waals surface area contributed by atoms with Gasteiger partial charge in [-0.05, 0) is 36.1 Å². The molecule has 82 valence electrons. The highest BCUT2D eigenvalue weighted by Crippen LogP contribution is 2.30. The van der Waals surface area contributed by atoms with Crippen molar-refractivity contribution in [1.29, 1.82) is 0 Å². The van der Waals surface area contributed by atoms with Gasteiger partial charge in [-0.1, -0.05) is 12.1 Å². The molecule has 0 aliphatic heterocycles. The molecule has 0 radical (unpaired) electrons. The lowest BCUT2D eigenvalue weighted by Crippen LogP contribution is -1.97. The van der Waals surface area contributed by atoms with E-state index in [0.717, 1.165) is 5.56 Å². The normalized spacial score (nSPS) is 10.1. The smallest absolute Gasteiger partial charge is 0.163 e. The van der Waals surface area contributed by atoms with Crippen molar-refractivity contribution < 1.29 is 9.53 Å². The van der Waals surface area contributed by atoms with E-state index in [2.05, 4.69) is 0 Å². The molecule has 0 atom stereocenters. The Kier molecular flexibility index (Phi) is 3.06. The summed E-state index contributed by atoms with van der Waals surface area (Å²) < 4.78 is 5.23. The van der Waals surface area contributed by atoms with Crippen molar-refractivity contribution in [2.75, 3.05) is 7.11 Å². The van der Waals surface area contributed by atoms with Gasteiger partial charge in [0.2, 0.25) is 0 Å². The molecular formula is C13H12O2S. The summed E-state index contributed by atoms with van der Waals surface area (Å²) in [6.07, 6.45) is 0. The molecule has 0 fully saturated rings. The first-order valence-electron chi connectivity index (χ1n) is 4.95. The summed E-state index contributed by atoms with van der Waals surface area (Å²) in [6.45, 7) is 1.54. The first-order chi connectivity index (χ1) is 7.72. The number of methoxy groups -OCH3 is 1. The predicted molar refractivity (Wildman–Crippen MR) is 66.3 cm³/mol. The number of thiophene rings is 1. The molecule has 16 heavy (non-hydrogen) atoms. The van der Waals surface area contributed by atoms with E-state index in [9.17, 15) is 4.79 Å². The van der Waals surface area contributed by atoms with Gasteiger partial charge in [0.15, 0.2) is 5.78 Å². The van der Waals surface area contributed by atoms with Gasteiger partial charge >= 0.3 is 0 Å². The minimum absolute atomic E-state index is 0.0228. The summed E-state index contributed by atoms with van der Waals surface area (Å²) in [7, 11) is 1.58. The highest BCUT2D eigenvalue weighted by atomic mass is 32.1. The van der Waals surface area contributed by atoms with Crippen LogP contribution in [0.25, 0.3) is 10.4 Å². The molecule has 1 heterocycles. The van der Waals surface area contributed by atoms with Crippen LogP contribution in [0.3, 0.4) is 0 Å². The Bertz CT molecular complexity index is 501. The Labute approximate surface area is 98.5 Å². The van der Waals surface area contributed by atoms with E-state index in [1.54, 1.807) is 25.4 Å². The number of ketones is 1. The molecule has 0 aliphatic rings. The van der Waals surface area contributed by atoms with E-state index in [4.69, 9.17) is 4.74 Å². The SMILES string of the molecule is COc1cc(-c2cccs2)ccc1C(C)=O. The maximum atomic E-state index is 11.3. The fraction of sp³-hybridized carbons (Fsp3) is 0.154. The van der Waals surface area contributed by atoms with E-state index >= 15 is 0 Å². The van der Waals surface area contributed by atoms with Gasteiger partial charge in [-0.2, -0.15) is 0 Å². The van der Waals surface area contributed by atoms with Crippen LogP contribution in [0.15, 0.2) is 35.7 Å². The molecule has 0 amide bonds. The molecule has 0 saturated carbocycles. The Balaban J connectivity index is 2.49. The summed E-state index contributed by atoms with van der Waals surface area (Å²) in [5, 5.41) is 2.03. The number of benzene rings is 1. The topological polar surface area (TPSA) is 26.3 Å². The number of Topliss-reactive ketones (excluding diaryl/α,β-unsaturated/α-hetero) is 1. The van der Waals surface area contributed by atoms with Gasteiger partial charge in [0.25, 0.3) is 0 Å². The van der Waals surface area contributed by atoms with Crippen molar-refractivity contribution in [3.63, 3.8) is 0 Å². The first-order valence-corrected chi connectivity index (χ1v) is 5.83. The van der Waals surface area contributed by atoms with Crippen LogP contribution < -0.4 is 4.74 Å². The average molecular weight is 232 g/mol. The highest BCUT2D eigenvalue weighted by Gasteiger charge is 2.09. The average Bonchev–Trinajstić information content (AvgIpc) is 2.81. The largest absolute Gasteiger partial charge is 0.496 e. The molecule has 2 nitrogen and oxygen atoms in total. The Morgan fingerprint density at radius 1 is 1.31 bits per heavy atom. The van der Waals surface area contributed by atoms with Crippen molar-refractivity contribution in [3.8, 4) is 16.2 Å². The van der Waals surface area contributed by atoms with E-state index in [1.165, 1.54) is 4.88 Å². The predicted octanol–water partition coefficient (Wildman–Crippen LogP) is 3.63. The van der Waals surface area contributed by atoms with Crippen LogP contribution in [-0.4, -0.2) is 12.9 Å². The van der Waals surface area contributed by atoms with Crippen LogP contribution in [0.5, 0.6) is 5.75 Å². The van der Waals surface area contributed by atoms with Gasteiger partial charge in [-0.25, -0.2) is 0 Å². The van der Waals surface area contributed by atoms with Gasteiger partial charge in [0.1, 0.15) is 5.75 Å². The lowest BCUT2D eigenvalue weighted by Gasteiger charge is -2.07. The van der Waals surface area contributed by atoms with Crippen LogP contribution in [-0.2, 0) is 0 Å². The Morgan fingerprint density at radius 2 is 2.12 bits per heavy atom. The molecule has 0 spiro atoms. The quantitative estimate of drug-likeness (QED) is 0.755. The summed E-state index contributed by atoms with van der Waals surface area (Å²) in [5.41, 5.74) is 1.71. The van der Waals surface area contributed by atoms with E-state index in [-0.39, 0.29) is 5.78 Å². The molecule has 1 aromatic carbocycles. The lowest BCUT2D eigenvalue weighted by atomic mass is 10.1. The maximum Gasteiger partial charge on any atom is 0.163 e.